The zero-order valence-electron chi connectivity index (χ0n) is 15.7. The molecule has 1 aromatic carbocycles. The number of pyridine rings is 1. The minimum absolute atomic E-state index is 0. The number of rotatable bonds is 7. The van der Waals surface area contributed by atoms with Crippen molar-refractivity contribution >= 4 is 40.0 Å². The molecule has 0 aliphatic heterocycles. The standard InChI is InChI=1S/C18H25N5O2S.HI/c1-15-6-8-16(9-7-15)14-23(3)18(19-2)21-11-12-22-26(24,25)17-5-4-10-20-13-17;/h4-10,13,22H,11-12,14H2,1-3H3,(H,19,21);1H. The summed E-state index contributed by atoms with van der Waals surface area (Å²) in [6.45, 7) is 3.43. The molecule has 0 atom stereocenters. The highest BCUT2D eigenvalue weighted by Crippen LogP contribution is 2.06. The zero-order chi connectivity index (χ0) is 19.0. The Labute approximate surface area is 178 Å². The largest absolute Gasteiger partial charge is 0.355 e. The van der Waals surface area contributed by atoms with E-state index in [2.05, 4.69) is 51.2 Å². The molecule has 0 unspecified atom stereocenters. The van der Waals surface area contributed by atoms with Gasteiger partial charge in [-0.1, -0.05) is 29.8 Å². The molecule has 148 valence electrons. The lowest BCUT2D eigenvalue weighted by Gasteiger charge is -2.22. The minimum atomic E-state index is -3.54. The van der Waals surface area contributed by atoms with Crippen LogP contribution in [0.5, 0.6) is 0 Å². The summed E-state index contributed by atoms with van der Waals surface area (Å²) < 4.78 is 26.8. The van der Waals surface area contributed by atoms with Crippen molar-refractivity contribution in [2.75, 3.05) is 27.2 Å². The smallest absolute Gasteiger partial charge is 0.242 e. The summed E-state index contributed by atoms with van der Waals surface area (Å²) in [6, 6.07) is 11.4. The molecule has 2 rings (SSSR count). The molecule has 0 saturated heterocycles. The first-order valence-electron chi connectivity index (χ1n) is 8.29. The van der Waals surface area contributed by atoms with Crippen molar-refractivity contribution in [3.63, 3.8) is 0 Å². The lowest BCUT2D eigenvalue weighted by molar-refractivity contribution is 0.477. The maximum atomic E-state index is 12.1. The average Bonchev–Trinajstić information content (AvgIpc) is 2.64. The van der Waals surface area contributed by atoms with Crippen LogP contribution in [-0.4, -0.2) is 51.4 Å². The molecule has 2 aromatic rings. The van der Waals surface area contributed by atoms with E-state index in [1.807, 2.05) is 11.9 Å². The first kappa shape index (κ1) is 23.3. The van der Waals surface area contributed by atoms with E-state index in [0.717, 1.165) is 0 Å². The highest BCUT2D eigenvalue weighted by atomic mass is 127. The molecule has 0 saturated carbocycles. The van der Waals surface area contributed by atoms with Crippen molar-refractivity contribution in [1.29, 1.82) is 0 Å². The van der Waals surface area contributed by atoms with E-state index in [9.17, 15) is 8.42 Å². The monoisotopic (exact) mass is 503 g/mol. The number of benzene rings is 1. The summed E-state index contributed by atoms with van der Waals surface area (Å²) in [5.41, 5.74) is 2.40. The van der Waals surface area contributed by atoms with E-state index in [4.69, 9.17) is 0 Å². The van der Waals surface area contributed by atoms with Gasteiger partial charge in [0.1, 0.15) is 4.90 Å². The van der Waals surface area contributed by atoms with Crippen molar-refractivity contribution < 1.29 is 8.42 Å². The third kappa shape index (κ3) is 7.43. The van der Waals surface area contributed by atoms with Crippen LogP contribution in [0.25, 0.3) is 0 Å². The Morgan fingerprint density at radius 2 is 1.89 bits per heavy atom. The van der Waals surface area contributed by atoms with Crippen LogP contribution in [0.15, 0.2) is 58.7 Å². The fourth-order valence-corrected chi connectivity index (χ4v) is 3.37. The predicted molar refractivity (Wildman–Crippen MR) is 119 cm³/mol. The SMILES string of the molecule is CN=C(NCCNS(=O)(=O)c1cccnc1)N(C)Cc1ccc(C)cc1.I. The second kappa shape index (κ2) is 11.2. The van der Waals surface area contributed by atoms with Gasteiger partial charge >= 0.3 is 0 Å². The average molecular weight is 503 g/mol. The molecule has 9 heteroatoms. The molecule has 0 fully saturated rings. The Bertz CT molecular complexity index is 827. The highest BCUT2D eigenvalue weighted by molar-refractivity contribution is 14.0. The van der Waals surface area contributed by atoms with Crippen LogP contribution in [-0.2, 0) is 16.6 Å². The van der Waals surface area contributed by atoms with Gasteiger partial charge in [-0.15, -0.1) is 24.0 Å². The fraction of sp³-hybridized carbons (Fsp3) is 0.333. The topological polar surface area (TPSA) is 86.7 Å². The molecule has 1 heterocycles. The summed E-state index contributed by atoms with van der Waals surface area (Å²) in [5, 5.41) is 3.16. The van der Waals surface area contributed by atoms with Gasteiger partial charge in [-0.2, -0.15) is 0 Å². The Morgan fingerprint density at radius 3 is 2.48 bits per heavy atom. The maximum Gasteiger partial charge on any atom is 0.242 e. The van der Waals surface area contributed by atoms with Crippen molar-refractivity contribution in [1.82, 2.24) is 19.9 Å². The second-order valence-electron chi connectivity index (χ2n) is 5.90. The Kier molecular flexibility index (Phi) is 9.67. The first-order chi connectivity index (χ1) is 12.4. The maximum absolute atomic E-state index is 12.1. The Balaban J connectivity index is 0.00000364. The summed E-state index contributed by atoms with van der Waals surface area (Å²) >= 11 is 0. The molecular formula is C18H26IN5O2S. The predicted octanol–water partition coefficient (Wildman–Crippen LogP) is 1.99. The van der Waals surface area contributed by atoms with Gasteiger partial charge in [0.2, 0.25) is 10.0 Å². The molecule has 0 aliphatic carbocycles. The number of sulfonamides is 1. The number of halogens is 1. The molecule has 0 amide bonds. The van der Waals surface area contributed by atoms with Crippen LogP contribution < -0.4 is 10.0 Å². The van der Waals surface area contributed by atoms with E-state index >= 15 is 0 Å². The van der Waals surface area contributed by atoms with E-state index in [0.29, 0.717) is 19.0 Å². The van der Waals surface area contributed by atoms with E-state index in [-0.39, 0.29) is 35.4 Å². The van der Waals surface area contributed by atoms with E-state index in [1.54, 1.807) is 13.1 Å². The van der Waals surface area contributed by atoms with Crippen LogP contribution >= 0.6 is 24.0 Å². The summed E-state index contributed by atoms with van der Waals surface area (Å²) in [6.07, 6.45) is 2.86. The van der Waals surface area contributed by atoms with Gasteiger partial charge in [0.15, 0.2) is 5.96 Å². The Hall–Kier alpha value is -1.72. The summed E-state index contributed by atoms with van der Waals surface area (Å²) in [5.74, 6) is 0.700. The van der Waals surface area contributed by atoms with Gasteiger partial charge in [-0.05, 0) is 24.6 Å². The molecule has 0 bridgehead atoms. The molecular weight excluding hydrogens is 477 g/mol. The van der Waals surface area contributed by atoms with E-state index in [1.165, 1.54) is 29.6 Å². The molecule has 0 spiro atoms. The zero-order valence-corrected chi connectivity index (χ0v) is 18.9. The van der Waals surface area contributed by atoms with Gasteiger partial charge in [0.25, 0.3) is 0 Å². The second-order valence-corrected chi connectivity index (χ2v) is 7.67. The van der Waals surface area contributed by atoms with Gasteiger partial charge < -0.3 is 10.2 Å². The van der Waals surface area contributed by atoms with Gasteiger partial charge in [0, 0.05) is 46.1 Å². The highest BCUT2D eigenvalue weighted by Gasteiger charge is 2.13. The van der Waals surface area contributed by atoms with Crippen LogP contribution in [0.2, 0.25) is 0 Å². The molecule has 0 radical (unpaired) electrons. The first-order valence-corrected chi connectivity index (χ1v) is 9.78. The number of nitrogens with one attached hydrogen (secondary N) is 2. The summed E-state index contributed by atoms with van der Waals surface area (Å²) in [4.78, 5) is 10.2. The van der Waals surface area contributed by atoms with Crippen LogP contribution in [0.3, 0.4) is 0 Å². The molecule has 0 aliphatic rings. The van der Waals surface area contributed by atoms with Crippen LogP contribution in [0, 0.1) is 6.92 Å². The third-order valence-electron chi connectivity index (χ3n) is 3.76. The van der Waals surface area contributed by atoms with Crippen LogP contribution in [0.1, 0.15) is 11.1 Å². The lowest BCUT2D eigenvalue weighted by atomic mass is 10.1. The number of aliphatic imine (C=N–C) groups is 1. The third-order valence-corrected chi connectivity index (χ3v) is 5.20. The van der Waals surface area contributed by atoms with Gasteiger partial charge in [-0.25, -0.2) is 13.1 Å². The quantitative estimate of drug-likeness (QED) is 0.261. The Morgan fingerprint density at radius 1 is 1.19 bits per heavy atom. The number of nitrogens with zero attached hydrogens (tertiary/aromatic N) is 3. The van der Waals surface area contributed by atoms with Gasteiger partial charge in [0.05, 0.1) is 0 Å². The number of hydrogen-bond acceptors (Lipinski definition) is 4. The fourth-order valence-electron chi connectivity index (χ4n) is 2.38. The van der Waals surface area contributed by atoms with Crippen molar-refractivity contribution in [3.8, 4) is 0 Å². The minimum Gasteiger partial charge on any atom is -0.355 e. The number of aryl methyl sites for hydroxylation is 1. The molecule has 7 nitrogen and oxygen atoms in total. The number of guanidine groups is 1. The van der Waals surface area contributed by atoms with E-state index < -0.39 is 10.0 Å². The number of aromatic nitrogens is 1. The van der Waals surface area contributed by atoms with Gasteiger partial charge in [-0.3, -0.25) is 9.98 Å². The normalized spacial score (nSPS) is 11.6. The van der Waals surface area contributed by atoms with Crippen LogP contribution in [0.4, 0.5) is 0 Å². The molecule has 27 heavy (non-hydrogen) atoms. The molecule has 2 N–H and O–H groups in total. The lowest BCUT2D eigenvalue weighted by Crippen LogP contribution is -2.42. The molecule has 1 aromatic heterocycles. The van der Waals surface area contributed by atoms with Crippen molar-refractivity contribution in [2.45, 2.75) is 18.4 Å². The van der Waals surface area contributed by atoms with Crippen molar-refractivity contribution in [2.24, 2.45) is 4.99 Å². The number of hydrogen-bond donors (Lipinski definition) is 2. The summed E-state index contributed by atoms with van der Waals surface area (Å²) in [7, 11) is 0.0978. The van der Waals surface area contributed by atoms with Crippen molar-refractivity contribution in [3.05, 3.63) is 59.9 Å².